The van der Waals surface area contributed by atoms with Crippen LogP contribution < -0.4 is 0 Å². The van der Waals surface area contributed by atoms with Crippen LogP contribution in [0.25, 0.3) is 0 Å². The fourth-order valence-electron chi connectivity index (χ4n) is 4.39. The standard InChI is InChI=1S/C17H23/c1-13-15-9-10-16(2,12-15)17(13,3)11-14-7-5-4-6-8-14/h4-8,15H,9-12H2,1-3H3/q+1. The largest absolute Gasteiger partial charge is 0.117 e. The summed E-state index contributed by atoms with van der Waals surface area (Å²) in [5.41, 5.74) is 2.48. The lowest BCUT2D eigenvalue weighted by molar-refractivity contribution is 0.112. The SMILES string of the molecule is C[C+]1C2CCC(C)(C2)C1(C)Cc1ccccc1. The summed E-state index contributed by atoms with van der Waals surface area (Å²) in [5.74, 6) is 2.68. The third-order valence-electron chi connectivity index (χ3n) is 5.96. The van der Waals surface area contributed by atoms with Gasteiger partial charge in [-0.05, 0) is 25.3 Å². The average Bonchev–Trinajstić information content (AvgIpc) is 2.79. The molecule has 2 aliphatic carbocycles. The van der Waals surface area contributed by atoms with Crippen molar-refractivity contribution < 1.29 is 0 Å². The van der Waals surface area contributed by atoms with Crippen molar-refractivity contribution in [2.45, 2.75) is 46.5 Å². The van der Waals surface area contributed by atoms with E-state index in [4.69, 9.17) is 0 Å². The van der Waals surface area contributed by atoms with Crippen LogP contribution in [0.4, 0.5) is 0 Å². The minimum absolute atomic E-state index is 0.428. The Balaban J connectivity index is 1.91. The van der Waals surface area contributed by atoms with Crippen molar-refractivity contribution in [3.8, 4) is 0 Å². The van der Waals surface area contributed by atoms with E-state index in [9.17, 15) is 0 Å². The third kappa shape index (κ3) is 1.46. The van der Waals surface area contributed by atoms with Gasteiger partial charge in [0.25, 0.3) is 0 Å². The van der Waals surface area contributed by atoms with E-state index >= 15 is 0 Å². The molecule has 2 fully saturated rings. The van der Waals surface area contributed by atoms with E-state index in [1.807, 2.05) is 0 Å². The number of hydrogen-bond acceptors (Lipinski definition) is 0. The van der Waals surface area contributed by atoms with Gasteiger partial charge in [0.1, 0.15) is 11.3 Å². The smallest absolute Gasteiger partial charge is 0.0622 e. The summed E-state index contributed by atoms with van der Waals surface area (Å²) in [6.07, 6.45) is 5.53. The summed E-state index contributed by atoms with van der Waals surface area (Å²) in [6.45, 7) is 7.44. The molecular formula is C17H23+. The van der Waals surface area contributed by atoms with E-state index in [0.29, 0.717) is 10.8 Å². The molecule has 90 valence electrons. The minimum atomic E-state index is 0.428. The first-order chi connectivity index (χ1) is 8.05. The second kappa shape index (κ2) is 3.54. The van der Waals surface area contributed by atoms with Gasteiger partial charge in [-0.15, -0.1) is 0 Å². The lowest BCUT2D eigenvalue weighted by atomic mass is 9.58. The van der Waals surface area contributed by atoms with Crippen molar-refractivity contribution in [1.29, 1.82) is 0 Å². The molecule has 0 aliphatic heterocycles. The number of hydrogen-bond donors (Lipinski definition) is 0. The van der Waals surface area contributed by atoms with Crippen LogP contribution in [0.15, 0.2) is 30.3 Å². The van der Waals surface area contributed by atoms with Gasteiger partial charge < -0.3 is 0 Å². The van der Waals surface area contributed by atoms with E-state index in [1.54, 1.807) is 5.92 Å². The summed E-state index contributed by atoms with van der Waals surface area (Å²) in [4.78, 5) is 0. The maximum Gasteiger partial charge on any atom is 0.117 e. The summed E-state index contributed by atoms with van der Waals surface area (Å²) >= 11 is 0. The van der Waals surface area contributed by atoms with Crippen LogP contribution in [0, 0.1) is 22.7 Å². The van der Waals surface area contributed by atoms with E-state index < -0.39 is 0 Å². The highest BCUT2D eigenvalue weighted by molar-refractivity contribution is 5.28. The molecule has 3 rings (SSSR count). The lowest BCUT2D eigenvalue weighted by Crippen LogP contribution is -2.39. The molecule has 2 bridgehead atoms. The van der Waals surface area contributed by atoms with E-state index in [0.717, 1.165) is 5.92 Å². The molecule has 0 aromatic heterocycles. The van der Waals surface area contributed by atoms with Crippen LogP contribution in [-0.4, -0.2) is 0 Å². The zero-order chi connectivity index (χ0) is 12.1. The first kappa shape index (κ1) is 11.2. The first-order valence-electron chi connectivity index (χ1n) is 6.93. The summed E-state index contributed by atoms with van der Waals surface area (Å²) in [7, 11) is 0. The second-order valence-electron chi connectivity index (χ2n) is 6.68. The van der Waals surface area contributed by atoms with Crippen LogP contribution in [-0.2, 0) is 6.42 Å². The topological polar surface area (TPSA) is 0 Å². The molecule has 3 unspecified atom stereocenters. The molecule has 0 amide bonds. The Morgan fingerprint density at radius 1 is 1.24 bits per heavy atom. The Hall–Kier alpha value is -0.910. The van der Waals surface area contributed by atoms with Gasteiger partial charge >= 0.3 is 0 Å². The van der Waals surface area contributed by atoms with Crippen LogP contribution in [0.5, 0.6) is 0 Å². The number of fused-ring (bicyclic) bond motifs is 2. The highest BCUT2D eigenvalue weighted by Crippen LogP contribution is 2.68. The molecular weight excluding hydrogens is 204 g/mol. The van der Waals surface area contributed by atoms with Gasteiger partial charge in [0.2, 0.25) is 0 Å². The van der Waals surface area contributed by atoms with Crippen LogP contribution >= 0.6 is 0 Å². The zero-order valence-electron chi connectivity index (χ0n) is 11.3. The molecule has 0 heterocycles. The molecule has 17 heavy (non-hydrogen) atoms. The molecule has 0 saturated heterocycles. The fraction of sp³-hybridized carbons (Fsp3) is 0.588. The summed E-state index contributed by atoms with van der Waals surface area (Å²) in [6, 6.07) is 11.0. The summed E-state index contributed by atoms with van der Waals surface area (Å²) in [5, 5.41) is 0. The Bertz CT molecular complexity index is 407. The Morgan fingerprint density at radius 2 is 1.94 bits per heavy atom. The number of rotatable bonds is 2. The van der Waals surface area contributed by atoms with Crippen molar-refractivity contribution in [3.63, 3.8) is 0 Å². The predicted octanol–water partition coefficient (Wildman–Crippen LogP) is 4.65. The monoisotopic (exact) mass is 227 g/mol. The Kier molecular flexibility index (Phi) is 2.33. The fourth-order valence-corrected chi connectivity index (χ4v) is 4.39. The van der Waals surface area contributed by atoms with Gasteiger partial charge in [0, 0.05) is 18.3 Å². The van der Waals surface area contributed by atoms with E-state index in [2.05, 4.69) is 51.1 Å². The molecule has 1 aromatic rings. The molecule has 0 nitrogen and oxygen atoms in total. The highest BCUT2D eigenvalue weighted by Gasteiger charge is 2.68. The van der Waals surface area contributed by atoms with E-state index in [1.165, 1.54) is 31.2 Å². The van der Waals surface area contributed by atoms with Gasteiger partial charge in [-0.1, -0.05) is 37.3 Å². The normalized spacial score (nSPS) is 39.9. The van der Waals surface area contributed by atoms with Gasteiger partial charge in [-0.2, -0.15) is 0 Å². The van der Waals surface area contributed by atoms with Gasteiger partial charge in [0.05, 0.1) is 12.8 Å². The number of benzene rings is 1. The van der Waals surface area contributed by atoms with Gasteiger partial charge in [-0.25, -0.2) is 0 Å². The second-order valence-corrected chi connectivity index (χ2v) is 6.68. The van der Waals surface area contributed by atoms with Crippen molar-refractivity contribution >= 4 is 0 Å². The summed E-state index contributed by atoms with van der Waals surface area (Å²) < 4.78 is 0. The van der Waals surface area contributed by atoms with Crippen LogP contribution in [0.1, 0.15) is 45.6 Å². The van der Waals surface area contributed by atoms with Gasteiger partial charge in [-0.3, -0.25) is 0 Å². The minimum Gasteiger partial charge on any atom is -0.0622 e. The first-order valence-corrected chi connectivity index (χ1v) is 6.93. The zero-order valence-corrected chi connectivity index (χ0v) is 11.3. The third-order valence-corrected chi connectivity index (χ3v) is 5.96. The van der Waals surface area contributed by atoms with E-state index in [-0.39, 0.29) is 0 Å². The van der Waals surface area contributed by atoms with Crippen LogP contribution in [0.3, 0.4) is 0 Å². The molecule has 1 aromatic carbocycles. The molecule has 0 heteroatoms. The van der Waals surface area contributed by atoms with Crippen LogP contribution in [0.2, 0.25) is 0 Å². The maximum absolute atomic E-state index is 2.52. The average molecular weight is 227 g/mol. The maximum atomic E-state index is 2.52. The predicted molar refractivity (Wildman–Crippen MR) is 72.6 cm³/mol. The molecule has 2 aliphatic rings. The lowest BCUT2D eigenvalue weighted by Gasteiger charge is -2.38. The molecule has 2 saturated carbocycles. The Morgan fingerprint density at radius 3 is 2.53 bits per heavy atom. The van der Waals surface area contributed by atoms with Crippen molar-refractivity contribution in [2.24, 2.45) is 16.7 Å². The van der Waals surface area contributed by atoms with Gasteiger partial charge in [0.15, 0.2) is 0 Å². The molecule has 0 N–H and O–H groups in total. The van der Waals surface area contributed by atoms with Crippen molar-refractivity contribution in [3.05, 3.63) is 41.8 Å². The quantitative estimate of drug-likeness (QED) is 0.645. The molecule has 0 radical (unpaired) electrons. The molecule has 0 spiro atoms. The van der Waals surface area contributed by atoms with Crippen molar-refractivity contribution in [1.82, 2.24) is 0 Å². The molecule has 3 atom stereocenters. The highest BCUT2D eigenvalue weighted by atomic mass is 14.6. The Labute approximate surface area is 105 Å². The van der Waals surface area contributed by atoms with Crippen molar-refractivity contribution in [2.75, 3.05) is 0 Å².